The molecule has 0 aliphatic rings. The van der Waals surface area contributed by atoms with Gasteiger partial charge in [0.15, 0.2) is 0 Å². The van der Waals surface area contributed by atoms with Crippen LogP contribution in [0.15, 0.2) is 94.4 Å². The van der Waals surface area contributed by atoms with Crippen LogP contribution in [0.2, 0.25) is 0 Å². The molecule has 6 heteroatoms. The van der Waals surface area contributed by atoms with Crippen molar-refractivity contribution in [3.8, 4) is 5.75 Å². The summed E-state index contributed by atoms with van der Waals surface area (Å²) >= 11 is 0. The summed E-state index contributed by atoms with van der Waals surface area (Å²) in [6.45, 7) is 0.445. The van der Waals surface area contributed by atoms with E-state index in [-0.39, 0.29) is 5.91 Å². The number of amides is 1. The van der Waals surface area contributed by atoms with Gasteiger partial charge in [0.1, 0.15) is 17.9 Å². The molecule has 0 radical (unpaired) electrons. The van der Waals surface area contributed by atoms with Gasteiger partial charge in [-0.05, 0) is 54.1 Å². The standard InChI is InChI=1S/C24H18N2O4/c27-23(26-20-7-10-22-19(14-20)6-12-24(28)30-22)11-5-17-3-8-21(9-4-17)29-16-18-2-1-13-25-15-18/h1-15H,16H2,(H,26,27)/b11-5+. The average molecular weight is 398 g/mol. The monoisotopic (exact) mass is 398 g/mol. The SMILES string of the molecule is O=C(/C=C/c1ccc(OCc2cccnc2)cc1)Nc1ccc2oc(=O)ccc2c1. The molecule has 0 aliphatic heterocycles. The van der Waals surface area contributed by atoms with Gasteiger partial charge >= 0.3 is 5.63 Å². The number of pyridine rings is 1. The summed E-state index contributed by atoms with van der Waals surface area (Å²) in [6, 6.07) is 19.4. The van der Waals surface area contributed by atoms with E-state index >= 15 is 0 Å². The highest BCUT2D eigenvalue weighted by atomic mass is 16.5. The highest BCUT2D eigenvalue weighted by molar-refractivity contribution is 6.02. The number of carbonyl (C=O) groups excluding carboxylic acids is 1. The van der Waals surface area contributed by atoms with Crippen molar-refractivity contribution in [1.82, 2.24) is 4.98 Å². The van der Waals surface area contributed by atoms with Crippen LogP contribution in [0.3, 0.4) is 0 Å². The lowest BCUT2D eigenvalue weighted by atomic mass is 10.2. The van der Waals surface area contributed by atoms with Gasteiger partial charge < -0.3 is 14.5 Å². The number of anilines is 1. The number of rotatable bonds is 6. The van der Waals surface area contributed by atoms with Gasteiger partial charge in [0, 0.05) is 41.2 Å². The number of benzene rings is 2. The first-order valence-corrected chi connectivity index (χ1v) is 9.30. The predicted octanol–water partition coefficient (Wildman–Crippen LogP) is 4.42. The Morgan fingerprint density at radius 1 is 1.07 bits per heavy atom. The van der Waals surface area contributed by atoms with Gasteiger partial charge in [0.05, 0.1) is 0 Å². The van der Waals surface area contributed by atoms with E-state index in [2.05, 4.69) is 10.3 Å². The second-order valence-corrected chi connectivity index (χ2v) is 6.55. The van der Waals surface area contributed by atoms with E-state index < -0.39 is 5.63 Å². The van der Waals surface area contributed by atoms with Crippen LogP contribution in [-0.4, -0.2) is 10.9 Å². The molecule has 0 aliphatic carbocycles. The molecule has 6 nitrogen and oxygen atoms in total. The van der Waals surface area contributed by atoms with Gasteiger partial charge in [-0.2, -0.15) is 0 Å². The number of nitrogens with one attached hydrogen (secondary N) is 1. The fourth-order valence-corrected chi connectivity index (χ4v) is 2.83. The summed E-state index contributed by atoms with van der Waals surface area (Å²) in [5.41, 5.74) is 2.55. The Morgan fingerprint density at radius 2 is 1.93 bits per heavy atom. The zero-order valence-corrected chi connectivity index (χ0v) is 15.9. The second kappa shape index (κ2) is 8.87. The van der Waals surface area contributed by atoms with E-state index in [4.69, 9.17) is 9.15 Å². The van der Waals surface area contributed by atoms with E-state index in [1.165, 1.54) is 12.1 Å². The summed E-state index contributed by atoms with van der Waals surface area (Å²) < 4.78 is 10.8. The molecular formula is C24H18N2O4. The molecule has 4 rings (SSSR count). The maximum Gasteiger partial charge on any atom is 0.336 e. The van der Waals surface area contributed by atoms with Crippen LogP contribution in [0.5, 0.6) is 5.75 Å². The van der Waals surface area contributed by atoms with Crippen molar-refractivity contribution >= 4 is 28.6 Å². The molecule has 2 aromatic heterocycles. The fraction of sp³-hybridized carbons (Fsp3) is 0.0417. The molecule has 2 heterocycles. The van der Waals surface area contributed by atoms with E-state index in [0.717, 1.165) is 22.3 Å². The number of hydrogen-bond donors (Lipinski definition) is 1. The highest BCUT2D eigenvalue weighted by Crippen LogP contribution is 2.18. The Bertz CT molecular complexity index is 1250. The molecular weight excluding hydrogens is 380 g/mol. The molecule has 1 amide bonds. The summed E-state index contributed by atoms with van der Waals surface area (Å²) in [4.78, 5) is 27.5. The number of ether oxygens (including phenoxy) is 1. The molecule has 0 unspecified atom stereocenters. The van der Waals surface area contributed by atoms with Crippen LogP contribution in [0.4, 0.5) is 5.69 Å². The molecule has 0 fully saturated rings. The first-order chi connectivity index (χ1) is 14.7. The number of fused-ring (bicyclic) bond motifs is 1. The second-order valence-electron chi connectivity index (χ2n) is 6.55. The Labute approximate surface area is 172 Å². The lowest BCUT2D eigenvalue weighted by Crippen LogP contribution is -2.07. The van der Waals surface area contributed by atoms with E-state index in [0.29, 0.717) is 17.9 Å². The Balaban J connectivity index is 1.34. The number of aromatic nitrogens is 1. The molecule has 0 bridgehead atoms. The normalized spacial score (nSPS) is 10.9. The molecule has 0 atom stereocenters. The van der Waals surface area contributed by atoms with Crippen LogP contribution in [0.25, 0.3) is 17.0 Å². The predicted molar refractivity (Wildman–Crippen MR) is 115 cm³/mol. The lowest BCUT2D eigenvalue weighted by Gasteiger charge is -2.06. The molecule has 0 saturated carbocycles. The third-order valence-corrected chi connectivity index (χ3v) is 4.32. The topological polar surface area (TPSA) is 81.4 Å². The zero-order valence-electron chi connectivity index (χ0n) is 15.9. The Hall–Kier alpha value is -4.19. The van der Waals surface area contributed by atoms with Crippen molar-refractivity contribution in [2.75, 3.05) is 5.32 Å². The van der Waals surface area contributed by atoms with Crippen LogP contribution >= 0.6 is 0 Å². The summed E-state index contributed by atoms with van der Waals surface area (Å²) in [7, 11) is 0. The van der Waals surface area contributed by atoms with Crippen molar-refractivity contribution in [2.45, 2.75) is 6.61 Å². The lowest BCUT2D eigenvalue weighted by molar-refractivity contribution is -0.111. The minimum absolute atomic E-state index is 0.261. The van der Waals surface area contributed by atoms with Gasteiger partial charge in [-0.3, -0.25) is 9.78 Å². The summed E-state index contributed by atoms with van der Waals surface area (Å²) in [5.74, 6) is 0.479. The smallest absolute Gasteiger partial charge is 0.336 e. The summed E-state index contributed by atoms with van der Waals surface area (Å²) in [5, 5.41) is 3.53. The first kappa shape index (κ1) is 19.1. The maximum atomic E-state index is 12.2. The summed E-state index contributed by atoms with van der Waals surface area (Å²) in [6.07, 6.45) is 6.67. The number of hydrogen-bond acceptors (Lipinski definition) is 5. The third kappa shape index (κ3) is 4.99. The van der Waals surface area contributed by atoms with Gasteiger partial charge in [-0.15, -0.1) is 0 Å². The first-order valence-electron chi connectivity index (χ1n) is 9.30. The minimum atomic E-state index is -0.407. The average Bonchev–Trinajstić information content (AvgIpc) is 2.78. The maximum absolute atomic E-state index is 12.2. The fourth-order valence-electron chi connectivity index (χ4n) is 2.83. The third-order valence-electron chi connectivity index (χ3n) is 4.32. The van der Waals surface area contributed by atoms with Gasteiger partial charge in [-0.25, -0.2) is 4.79 Å². The van der Waals surface area contributed by atoms with Crippen molar-refractivity contribution in [3.05, 3.63) is 107 Å². The van der Waals surface area contributed by atoms with Crippen molar-refractivity contribution in [3.63, 3.8) is 0 Å². The number of nitrogens with zero attached hydrogens (tertiary/aromatic N) is 1. The van der Waals surface area contributed by atoms with Crippen LogP contribution in [-0.2, 0) is 11.4 Å². The quantitative estimate of drug-likeness (QED) is 0.384. The van der Waals surface area contributed by atoms with Crippen molar-refractivity contribution < 1.29 is 13.9 Å². The molecule has 0 spiro atoms. The van der Waals surface area contributed by atoms with E-state index in [1.807, 2.05) is 36.4 Å². The van der Waals surface area contributed by atoms with E-state index in [1.54, 1.807) is 42.7 Å². The van der Waals surface area contributed by atoms with Gasteiger partial charge in [-0.1, -0.05) is 18.2 Å². The van der Waals surface area contributed by atoms with Gasteiger partial charge in [0.25, 0.3) is 0 Å². The zero-order chi connectivity index (χ0) is 20.8. The van der Waals surface area contributed by atoms with Crippen LogP contribution in [0, 0.1) is 0 Å². The van der Waals surface area contributed by atoms with Gasteiger partial charge in [0.2, 0.25) is 5.91 Å². The Morgan fingerprint density at radius 3 is 2.73 bits per heavy atom. The van der Waals surface area contributed by atoms with Crippen LogP contribution < -0.4 is 15.7 Å². The molecule has 2 aromatic carbocycles. The largest absolute Gasteiger partial charge is 0.489 e. The molecule has 1 N–H and O–H groups in total. The molecule has 30 heavy (non-hydrogen) atoms. The number of carbonyl (C=O) groups is 1. The molecule has 148 valence electrons. The molecule has 0 saturated heterocycles. The van der Waals surface area contributed by atoms with E-state index in [9.17, 15) is 9.59 Å². The highest BCUT2D eigenvalue weighted by Gasteiger charge is 2.02. The van der Waals surface area contributed by atoms with Crippen LogP contribution in [0.1, 0.15) is 11.1 Å². The molecule has 4 aromatic rings. The van der Waals surface area contributed by atoms with Crippen molar-refractivity contribution in [1.29, 1.82) is 0 Å². The Kier molecular flexibility index (Phi) is 5.66. The van der Waals surface area contributed by atoms with Crippen molar-refractivity contribution in [2.24, 2.45) is 0 Å². The minimum Gasteiger partial charge on any atom is -0.489 e.